The fourth-order valence-corrected chi connectivity index (χ4v) is 1.54. The van der Waals surface area contributed by atoms with Crippen LogP contribution in [0.3, 0.4) is 0 Å². The van der Waals surface area contributed by atoms with Crippen LogP contribution in [0.4, 0.5) is 0 Å². The van der Waals surface area contributed by atoms with Gasteiger partial charge in [0, 0.05) is 0 Å². The maximum atomic E-state index is 5.63. The zero-order chi connectivity index (χ0) is 10.8. The Kier molecular flexibility index (Phi) is 2.11. The van der Waals surface area contributed by atoms with Crippen LogP contribution in [-0.4, -0.2) is 9.97 Å². The molecule has 0 saturated carbocycles. The van der Waals surface area contributed by atoms with Gasteiger partial charge in [-0.3, -0.25) is 0 Å². The zero-order valence-electron chi connectivity index (χ0n) is 8.43. The quantitative estimate of drug-likeness (QED) is 0.727. The minimum Gasteiger partial charge on any atom is -0.483 e. The molecule has 2 heterocycles. The monoisotopic (exact) mass is 213 g/mol. The van der Waals surface area contributed by atoms with E-state index in [1.807, 2.05) is 30.3 Å². The number of hydrogen-bond acceptors (Lipinski definition) is 3. The minimum absolute atomic E-state index is 0.402. The Hall–Kier alpha value is -2.23. The number of imidazole rings is 1. The van der Waals surface area contributed by atoms with Crippen molar-refractivity contribution in [1.82, 2.24) is 9.97 Å². The molecule has 1 N–H and O–H groups in total. The van der Waals surface area contributed by atoms with E-state index < -0.39 is 0 Å². The number of ether oxygens (including phenoxy) is 1. The van der Waals surface area contributed by atoms with Gasteiger partial charge in [-0.25, -0.2) is 4.98 Å². The average molecular weight is 213 g/mol. The molecule has 79 valence electrons. The van der Waals surface area contributed by atoms with E-state index in [9.17, 15) is 0 Å². The Morgan fingerprint density at radius 3 is 3.19 bits per heavy atom. The first-order valence-electron chi connectivity index (χ1n) is 4.93. The number of nitrogens with zero attached hydrogens (tertiary/aromatic N) is 1. The predicted octanol–water partition coefficient (Wildman–Crippen LogP) is 2.54. The van der Waals surface area contributed by atoms with E-state index in [2.05, 4.69) is 16.3 Å². The summed E-state index contributed by atoms with van der Waals surface area (Å²) < 4.78 is 10.8. The Balaban J connectivity index is 1.86. The summed E-state index contributed by atoms with van der Waals surface area (Å²) in [5.74, 6) is 1.52. The lowest BCUT2D eigenvalue weighted by atomic mass is 10.3. The number of nitrogens with one attached hydrogen (secondary N) is 1. The maximum absolute atomic E-state index is 5.63. The highest BCUT2D eigenvalue weighted by molar-refractivity contribution is 5.80. The highest BCUT2D eigenvalue weighted by Gasteiger charge is 2.05. The van der Waals surface area contributed by atoms with Crippen LogP contribution in [0.2, 0.25) is 0 Å². The molecule has 3 rings (SSSR count). The molecule has 0 aliphatic heterocycles. The zero-order valence-corrected chi connectivity index (χ0v) is 8.43. The van der Waals surface area contributed by atoms with Gasteiger partial charge in [-0.05, 0) is 24.3 Å². The van der Waals surface area contributed by atoms with Crippen LogP contribution in [-0.2, 0) is 6.61 Å². The van der Waals surface area contributed by atoms with Gasteiger partial charge in [-0.15, -0.1) is 0 Å². The van der Waals surface area contributed by atoms with Crippen LogP contribution in [0, 0.1) is 6.33 Å². The number of aromatic nitrogens is 2. The van der Waals surface area contributed by atoms with Crippen molar-refractivity contribution < 1.29 is 9.15 Å². The van der Waals surface area contributed by atoms with E-state index in [1.165, 1.54) is 0 Å². The molecular weight excluding hydrogens is 204 g/mol. The summed E-state index contributed by atoms with van der Waals surface area (Å²) >= 11 is 0. The van der Waals surface area contributed by atoms with Gasteiger partial charge in [0.2, 0.25) is 0 Å². The Morgan fingerprint density at radius 2 is 2.31 bits per heavy atom. The third kappa shape index (κ3) is 1.54. The molecule has 16 heavy (non-hydrogen) atoms. The predicted molar refractivity (Wildman–Crippen MR) is 58.0 cm³/mol. The van der Waals surface area contributed by atoms with E-state index in [0.717, 1.165) is 22.5 Å². The molecule has 0 atom stereocenters. The molecule has 2 aromatic heterocycles. The number of para-hydroxylation sites is 1. The lowest BCUT2D eigenvalue weighted by molar-refractivity contribution is 0.273. The molecule has 4 heteroatoms. The molecule has 3 aromatic rings. The van der Waals surface area contributed by atoms with Gasteiger partial charge in [-0.2, -0.15) is 0 Å². The first-order chi connectivity index (χ1) is 7.93. The first-order valence-corrected chi connectivity index (χ1v) is 4.93. The van der Waals surface area contributed by atoms with E-state index in [1.54, 1.807) is 6.26 Å². The lowest BCUT2D eigenvalue weighted by Crippen LogP contribution is -1.94. The van der Waals surface area contributed by atoms with Crippen LogP contribution in [0.5, 0.6) is 5.75 Å². The van der Waals surface area contributed by atoms with Gasteiger partial charge in [0.15, 0.2) is 6.33 Å². The number of rotatable bonds is 3. The molecule has 0 bridgehead atoms. The number of aromatic amines is 1. The maximum Gasteiger partial charge on any atom is 0.174 e. The van der Waals surface area contributed by atoms with Crippen molar-refractivity contribution in [3.8, 4) is 5.75 Å². The van der Waals surface area contributed by atoms with Crippen molar-refractivity contribution in [3.63, 3.8) is 0 Å². The van der Waals surface area contributed by atoms with Gasteiger partial charge in [0.25, 0.3) is 0 Å². The molecule has 0 unspecified atom stereocenters. The van der Waals surface area contributed by atoms with E-state index in [0.29, 0.717) is 6.61 Å². The molecule has 1 aromatic carbocycles. The number of benzene rings is 1. The Morgan fingerprint density at radius 1 is 1.31 bits per heavy atom. The molecule has 1 radical (unpaired) electrons. The second kappa shape index (κ2) is 3.73. The summed E-state index contributed by atoms with van der Waals surface area (Å²) in [4.78, 5) is 7.00. The molecule has 0 saturated heterocycles. The van der Waals surface area contributed by atoms with Crippen LogP contribution in [0.1, 0.15) is 5.76 Å². The average Bonchev–Trinajstić information content (AvgIpc) is 2.97. The molecule has 0 fully saturated rings. The van der Waals surface area contributed by atoms with Gasteiger partial charge in [0.05, 0.1) is 11.8 Å². The number of H-pyrrole nitrogens is 1. The van der Waals surface area contributed by atoms with Crippen LogP contribution in [0.15, 0.2) is 41.0 Å². The van der Waals surface area contributed by atoms with Crippen molar-refractivity contribution in [2.24, 2.45) is 0 Å². The number of furan rings is 1. The number of hydrogen-bond donors (Lipinski definition) is 1. The third-order valence-electron chi connectivity index (χ3n) is 2.31. The smallest absolute Gasteiger partial charge is 0.174 e. The van der Waals surface area contributed by atoms with Gasteiger partial charge in [-0.1, -0.05) is 6.07 Å². The second-order valence-corrected chi connectivity index (χ2v) is 3.37. The summed E-state index contributed by atoms with van der Waals surface area (Å²) in [7, 11) is 0. The van der Waals surface area contributed by atoms with E-state index in [4.69, 9.17) is 9.15 Å². The summed E-state index contributed by atoms with van der Waals surface area (Å²) in [6.07, 6.45) is 4.32. The lowest BCUT2D eigenvalue weighted by Gasteiger charge is -2.04. The third-order valence-corrected chi connectivity index (χ3v) is 2.31. The molecule has 0 spiro atoms. The topological polar surface area (TPSA) is 51.1 Å². The van der Waals surface area contributed by atoms with E-state index in [-0.39, 0.29) is 0 Å². The molecule has 4 nitrogen and oxygen atoms in total. The van der Waals surface area contributed by atoms with Crippen molar-refractivity contribution in [1.29, 1.82) is 0 Å². The minimum atomic E-state index is 0.402. The van der Waals surface area contributed by atoms with Crippen molar-refractivity contribution in [2.75, 3.05) is 0 Å². The van der Waals surface area contributed by atoms with Gasteiger partial charge >= 0.3 is 0 Å². The first kappa shape index (κ1) is 9.03. The Labute approximate surface area is 91.9 Å². The fourth-order valence-electron chi connectivity index (χ4n) is 1.54. The SMILES string of the molecule is [c]1nc2c(OCc3ccco3)cccc2[nH]1. The standard InChI is InChI=1S/C12H9N2O2/c1-4-10-12(14-8-13-10)11(5-1)16-7-9-3-2-6-15-9/h1-6H,7H2,(H,13,14). The largest absolute Gasteiger partial charge is 0.483 e. The van der Waals surface area contributed by atoms with Crippen molar-refractivity contribution >= 4 is 11.0 Å². The fraction of sp³-hybridized carbons (Fsp3) is 0.0833. The van der Waals surface area contributed by atoms with Crippen LogP contribution < -0.4 is 4.74 Å². The van der Waals surface area contributed by atoms with Gasteiger partial charge in [0.1, 0.15) is 23.6 Å². The Bertz CT molecular complexity index is 584. The highest BCUT2D eigenvalue weighted by Crippen LogP contribution is 2.22. The second-order valence-electron chi connectivity index (χ2n) is 3.37. The normalized spacial score (nSPS) is 10.8. The van der Waals surface area contributed by atoms with Crippen LogP contribution >= 0.6 is 0 Å². The number of fused-ring (bicyclic) bond motifs is 1. The van der Waals surface area contributed by atoms with Crippen molar-refractivity contribution in [2.45, 2.75) is 6.61 Å². The molecule has 0 aliphatic carbocycles. The van der Waals surface area contributed by atoms with E-state index >= 15 is 0 Å². The van der Waals surface area contributed by atoms with Crippen LogP contribution in [0.25, 0.3) is 11.0 Å². The molecule has 0 amide bonds. The van der Waals surface area contributed by atoms with Gasteiger partial charge < -0.3 is 14.1 Å². The summed E-state index contributed by atoms with van der Waals surface area (Å²) in [5.41, 5.74) is 1.70. The summed E-state index contributed by atoms with van der Waals surface area (Å²) in [6.45, 7) is 0.402. The molecular formula is C12H9N2O2. The summed E-state index contributed by atoms with van der Waals surface area (Å²) in [5, 5.41) is 0. The summed E-state index contributed by atoms with van der Waals surface area (Å²) in [6, 6.07) is 9.42. The van der Waals surface area contributed by atoms with Crippen molar-refractivity contribution in [3.05, 3.63) is 48.7 Å². The molecule has 0 aliphatic rings. The highest BCUT2D eigenvalue weighted by atomic mass is 16.5.